The summed E-state index contributed by atoms with van der Waals surface area (Å²) in [5.41, 5.74) is -0.867. The molecule has 3 fully saturated rings. The molecule has 18 heteroatoms. The van der Waals surface area contributed by atoms with Crippen molar-refractivity contribution in [2.24, 2.45) is 23.7 Å². The van der Waals surface area contributed by atoms with Gasteiger partial charge in [-0.15, -0.1) is 0 Å². The Morgan fingerprint density at radius 2 is 1.52 bits per heavy atom. The lowest BCUT2D eigenvalue weighted by atomic mass is 9.79. The molecule has 0 radical (unpaired) electrons. The van der Waals surface area contributed by atoms with Crippen LogP contribution in [0.4, 0.5) is 0 Å². The van der Waals surface area contributed by atoms with Crippen LogP contribution in [0, 0.1) is 23.7 Å². The highest BCUT2D eigenvalue weighted by atomic mass is 16.7. The van der Waals surface area contributed by atoms with Crippen LogP contribution in [0.25, 0.3) is 0 Å². The summed E-state index contributed by atoms with van der Waals surface area (Å²) in [6, 6.07) is -0.678. The van der Waals surface area contributed by atoms with Gasteiger partial charge in [0, 0.05) is 30.6 Å². The summed E-state index contributed by atoms with van der Waals surface area (Å²) in [6.07, 6.45) is -11.4. The molecular formula is C44H74NO17+. The van der Waals surface area contributed by atoms with E-state index in [0.717, 1.165) is 4.90 Å². The van der Waals surface area contributed by atoms with Gasteiger partial charge in [-0.3, -0.25) is 9.59 Å². The standard InChI is InChI=1S/C44H73NO17/c1-11-31-28(20-56-42-38(53)37(52)35(50)24(5)58-42)16-21(2)12-13-29(47)22(3)17-27(14-15-46)39(23(4)30(48)18-32(49)60-31)62-43-36(51)34(45(9)10)40(25(6)59-43)61-33-19-44(8,55)41(54)26(7)57-33/h12-13,15-16,22-28,30-31,33-43,48,50-55H,11,14,17-20H2,1-10H3/p+1/b13-12+,21-16+/t22-,23+,24-,25-,26+,27+,28-,30-,31-,33+,34-,35-,36-,37-,38-,39-,40-,41+,42-,43+,44-/m1/s1. The predicted octanol–water partition coefficient (Wildman–Crippen LogP) is -0.892. The molecule has 8 N–H and O–H groups in total. The lowest BCUT2D eigenvalue weighted by Gasteiger charge is -2.48. The molecule has 18 nitrogen and oxygen atoms in total. The first kappa shape index (κ1) is 52.4. The number of quaternary nitrogens is 1. The molecule has 3 saturated heterocycles. The molecule has 0 aliphatic carbocycles. The number of ketones is 1. The fourth-order valence-corrected chi connectivity index (χ4v) is 9.12. The topological polar surface area (TPSA) is 262 Å². The first-order valence-corrected chi connectivity index (χ1v) is 22.0. The number of allylic oxidation sites excluding steroid dienone is 3. The highest BCUT2D eigenvalue weighted by Crippen LogP contribution is 2.36. The van der Waals surface area contributed by atoms with E-state index in [9.17, 15) is 50.1 Å². The number of cyclic esters (lactones) is 1. The molecule has 0 spiro atoms. The van der Waals surface area contributed by atoms with Gasteiger partial charge in [-0.05, 0) is 59.5 Å². The van der Waals surface area contributed by atoms with Crippen molar-refractivity contribution in [3.05, 3.63) is 23.8 Å². The van der Waals surface area contributed by atoms with Gasteiger partial charge in [0.05, 0.1) is 63.2 Å². The maximum absolute atomic E-state index is 13.7. The van der Waals surface area contributed by atoms with Gasteiger partial charge >= 0.3 is 5.97 Å². The minimum atomic E-state index is -1.56. The summed E-state index contributed by atoms with van der Waals surface area (Å²) in [5, 5.41) is 76.0. The van der Waals surface area contributed by atoms with E-state index in [0.29, 0.717) is 18.3 Å². The van der Waals surface area contributed by atoms with Gasteiger partial charge in [-0.2, -0.15) is 0 Å². The van der Waals surface area contributed by atoms with Gasteiger partial charge in [-0.1, -0.05) is 38.5 Å². The quantitative estimate of drug-likeness (QED) is 0.0924. The number of aldehydes is 1. The van der Waals surface area contributed by atoms with Crippen LogP contribution in [-0.2, 0) is 47.5 Å². The van der Waals surface area contributed by atoms with E-state index in [1.165, 1.54) is 19.9 Å². The highest BCUT2D eigenvalue weighted by molar-refractivity contribution is 5.91. The number of rotatable bonds is 11. The van der Waals surface area contributed by atoms with Crippen LogP contribution < -0.4 is 4.90 Å². The van der Waals surface area contributed by atoms with Crippen LogP contribution in [0.2, 0.25) is 0 Å². The Bertz CT molecular complexity index is 1530. The summed E-state index contributed by atoms with van der Waals surface area (Å²) in [6.45, 7) is 13.2. The first-order chi connectivity index (χ1) is 29.0. The Labute approximate surface area is 365 Å². The number of likely N-dealkylation sites (N-methyl/N-ethyl adjacent to an activating group) is 1. The van der Waals surface area contributed by atoms with Gasteiger partial charge in [0.15, 0.2) is 30.8 Å². The molecule has 0 aromatic heterocycles. The van der Waals surface area contributed by atoms with Crippen LogP contribution >= 0.6 is 0 Å². The fourth-order valence-electron chi connectivity index (χ4n) is 9.12. The summed E-state index contributed by atoms with van der Waals surface area (Å²) in [4.78, 5) is 40.3. The Morgan fingerprint density at radius 3 is 2.13 bits per heavy atom. The molecule has 356 valence electrons. The van der Waals surface area contributed by atoms with Crippen molar-refractivity contribution >= 4 is 18.0 Å². The van der Waals surface area contributed by atoms with Crippen LogP contribution in [0.3, 0.4) is 0 Å². The number of hydrogen-bond acceptors (Lipinski definition) is 17. The second kappa shape index (κ2) is 22.8. The van der Waals surface area contributed by atoms with Crippen molar-refractivity contribution in [1.29, 1.82) is 0 Å². The summed E-state index contributed by atoms with van der Waals surface area (Å²) in [5.74, 6) is -3.81. The number of aliphatic hydroxyl groups is 7. The molecule has 4 heterocycles. The molecule has 62 heavy (non-hydrogen) atoms. The third kappa shape index (κ3) is 13.0. The van der Waals surface area contributed by atoms with Crippen molar-refractivity contribution in [3.8, 4) is 0 Å². The maximum atomic E-state index is 13.7. The van der Waals surface area contributed by atoms with E-state index in [1.807, 2.05) is 14.1 Å². The SMILES string of the molecule is CC[C@H]1OC(=O)C[C@@H](O)[C@H](C)[C@@H](O[C@@H]2O[C@H](C)[C@@H](O[C@H]3C[C@@](C)(O)[C@@H](O)[C@H](C)O3)[C@H]([NH+](C)C)[C@H]2O)[C@@H](CC=O)C[C@@H](C)C(=O)/C=C/C(C)=C/[C@@H]1CO[C@@H]1O[C@H](C)[C@@H](O)[C@@H](O)[C@H]1O. The van der Waals surface area contributed by atoms with Crippen molar-refractivity contribution in [3.63, 3.8) is 0 Å². The minimum absolute atomic E-state index is 0.0361. The Morgan fingerprint density at radius 1 is 0.855 bits per heavy atom. The Hall–Kier alpha value is -2.27. The van der Waals surface area contributed by atoms with Crippen LogP contribution in [0.1, 0.15) is 87.5 Å². The number of carbonyl (C=O) groups is 3. The number of aliphatic hydroxyl groups excluding tert-OH is 6. The lowest BCUT2D eigenvalue weighted by Crippen LogP contribution is -3.14. The van der Waals surface area contributed by atoms with Crippen LogP contribution in [0.15, 0.2) is 23.8 Å². The van der Waals surface area contributed by atoms with Gasteiger partial charge in [0.1, 0.15) is 49.0 Å². The average Bonchev–Trinajstić information content (AvgIpc) is 3.20. The van der Waals surface area contributed by atoms with Crippen molar-refractivity contribution < 1.29 is 88.2 Å². The van der Waals surface area contributed by atoms with E-state index in [1.54, 1.807) is 53.7 Å². The van der Waals surface area contributed by atoms with Gasteiger partial charge in [0.25, 0.3) is 0 Å². The number of ether oxygens (including phenoxy) is 7. The second-order valence-corrected chi connectivity index (χ2v) is 18.5. The number of hydrogen-bond donors (Lipinski definition) is 8. The zero-order valence-electron chi connectivity index (χ0n) is 37.8. The summed E-state index contributed by atoms with van der Waals surface area (Å²) < 4.78 is 42.7. The number of carbonyl (C=O) groups excluding carboxylic acids is 3. The van der Waals surface area contributed by atoms with Gasteiger partial charge < -0.3 is 78.6 Å². The van der Waals surface area contributed by atoms with Crippen molar-refractivity contribution in [2.45, 2.75) is 191 Å². The number of nitrogens with one attached hydrogen (secondary N) is 1. The third-order valence-electron chi connectivity index (χ3n) is 13.0. The van der Waals surface area contributed by atoms with Gasteiger partial charge in [0.2, 0.25) is 0 Å². The Balaban J connectivity index is 1.61. The minimum Gasteiger partial charge on any atom is -0.462 e. The van der Waals surface area contributed by atoms with Gasteiger partial charge in [-0.25, -0.2) is 0 Å². The molecule has 0 aromatic carbocycles. The fraction of sp³-hybridized carbons (Fsp3) is 0.841. The maximum Gasteiger partial charge on any atom is 0.308 e. The molecule has 0 saturated carbocycles. The first-order valence-electron chi connectivity index (χ1n) is 22.0. The summed E-state index contributed by atoms with van der Waals surface area (Å²) in [7, 11) is 3.65. The third-order valence-corrected chi connectivity index (χ3v) is 13.0. The molecule has 0 unspecified atom stereocenters. The zero-order chi connectivity index (χ0) is 46.4. The second-order valence-electron chi connectivity index (χ2n) is 18.5. The van der Waals surface area contributed by atoms with E-state index in [4.69, 9.17) is 33.2 Å². The van der Waals surface area contributed by atoms with E-state index in [-0.39, 0.29) is 31.7 Å². The highest BCUT2D eigenvalue weighted by Gasteiger charge is 2.53. The largest absolute Gasteiger partial charge is 0.462 e. The van der Waals surface area contributed by atoms with E-state index >= 15 is 0 Å². The molecule has 4 aliphatic rings. The Kier molecular flexibility index (Phi) is 19.2. The number of esters is 1. The molecule has 4 rings (SSSR count). The normalized spacial score (nSPS) is 47.0. The van der Waals surface area contributed by atoms with Crippen molar-refractivity contribution in [1.82, 2.24) is 0 Å². The predicted molar refractivity (Wildman–Crippen MR) is 220 cm³/mol. The average molecular weight is 889 g/mol. The molecule has 21 atom stereocenters. The smallest absolute Gasteiger partial charge is 0.308 e. The summed E-state index contributed by atoms with van der Waals surface area (Å²) >= 11 is 0. The molecule has 0 bridgehead atoms. The van der Waals surface area contributed by atoms with Crippen LogP contribution in [-0.4, -0.2) is 178 Å². The monoisotopic (exact) mass is 888 g/mol. The van der Waals surface area contributed by atoms with E-state index < -0.39 is 140 Å². The molecule has 0 amide bonds. The molecular weight excluding hydrogens is 814 g/mol. The zero-order valence-corrected chi connectivity index (χ0v) is 37.8. The van der Waals surface area contributed by atoms with Crippen LogP contribution in [0.5, 0.6) is 0 Å². The molecule has 0 aromatic rings. The van der Waals surface area contributed by atoms with Crippen molar-refractivity contribution in [2.75, 3.05) is 20.7 Å². The molecule has 4 aliphatic heterocycles. The van der Waals surface area contributed by atoms with E-state index in [2.05, 4.69) is 0 Å². The lowest BCUT2D eigenvalue weighted by molar-refractivity contribution is -0.898.